The van der Waals surface area contributed by atoms with E-state index in [1.807, 2.05) is 0 Å². The van der Waals surface area contributed by atoms with Gasteiger partial charge in [0.05, 0.1) is 5.69 Å². The summed E-state index contributed by atoms with van der Waals surface area (Å²) in [4.78, 5) is 19.9. The number of carbonyl (C=O) groups is 1. The van der Waals surface area contributed by atoms with E-state index < -0.39 is 0 Å². The van der Waals surface area contributed by atoms with Gasteiger partial charge in [-0.15, -0.1) is 11.3 Å². The Hall–Kier alpha value is -1.62. The minimum atomic E-state index is 0.00755. The molecule has 5 heteroatoms. The Kier molecular flexibility index (Phi) is 4.65. The highest BCUT2D eigenvalue weighted by Crippen LogP contribution is 2.61. The van der Waals surface area contributed by atoms with Crippen LogP contribution in [0, 0.1) is 29.1 Å². The molecule has 0 radical (unpaired) electrons. The SMILES string of the molecule is CC[C@@H]1CCc2nc3sc(C(=O)N[C@@H](C)C45CC6CC(CC(C6)C4)C5)c(N)c3cc2C1. The summed E-state index contributed by atoms with van der Waals surface area (Å²) in [5.74, 6) is 3.43. The van der Waals surface area contributed by atoms with Gasteiger partial charge in [-0.3, -0.25) is 4.79 Å². The van der Waals surface area contributed by atoms with Gasteiger partial charge in [-0.05, 0) is 105 Å². The van der Waals surface area contributed by atoms with Gasteiger partial charge in [-0.25, -0.2) is 4.98 Å². The highest BCUT2D eigenvalue weighted by Gasteiger charge is 2.53. The number of anilines is 1. The first kappa shape index (κ1) is 20.0. The van der Waals surface area contributed by atoms with Crippen LogP contribution >= 0.6 is 11.3 Å². The summed E-state index contributed by atoms with van der Waals surface area (Å²) >= 11 is 1.48. The summed E-state index contributed by atoms with van der Waals surface area (Å²) in [5, 5.41) is 4.38. The van der Waals surface area contributed by atoms with Gasteiger partial charge in [0.2, 0.25) is 0 Å². The molecule has 7 rings (SSSR count). The Balaban J connectivity index is 1.25. The van der Waals surface area contributed by atoms with Crippen LogP contribution in [-0.2, 0) is 12.8 Å². The Bertz CT molecular complexity index is 1010. The van der Waals surface area contributed by atoms with Crippen molar-refractivity contribution >= 4 is 33.1 Å². The Labute approximate surface area is 189 Å². The number of rotatable bonds is 4. The van der Waals surface area contributed by atoms with Crippen molar-refractivity contribution in [3.63, 3.8) is 0 Å². The van der Waals surface area contributed by atoms with Crippen molar-refractivity contribution < 1.29 is 4.79 Å². The monoisotopic (exact) mass is 437 g/mol. The van der Waals surface area contributed by atoms with E-state index in [0.29, 0.717) is 16.0 Å². The summed E-state index contributed by atoms with van der Waals surface area (Å²) < 4.78 is 0. The van der Waals surface area contributed by atoms with Gasteiger partial charge in [-0.2, -0.15) is 0 Å². The van der Waals surface area contributed by atoms with E-state index in [9.17, 15) is 4.79 Å². The first-order valence-corrected chi connectivity index (χ1v) is 13.3. The second-order valence-corrected chi connectivity index (χ2v) is 12.3. The lowest BCUT2D eigenvalue weighted by Crippen LogP contribution is -2.55. The maximum absolute atomic E-state index is 13.3. The zero-order valence-electron chi connectivity index (χ0n) is 18.9. The molecule has 0 aromatic carbocycles. The number of hydrogen-bond donors (Lipinski definition) is 2. The number of aryl methyl sites for hydroxylation is 1. The van der Waals surface area contributed by atoms with Crippen LogP contribution in [0.1, 0.15) is 86.1 Å². The Morgan fingerprint density at radius 1 is 1.26 bits per heavy atom. The maximum atomic E-state index is 13.3. The normalized spacial score (nSPS) is 34.6. The van der Waals surface area contributed by atoms with Gasteiger partial charge in [-0.1, -0.05) is 13.3 Å². The molecule has 4 bridgehead atoms. The predicted molar refractivity (Wildman–Crippen MR) is 127 cm³/mol. The summed E-state index contributed by atoms with van der Waals surface area (Å²) in [5.41, 5.74) is 10.0. The Morgan fingerprint density at radius 3 is 2.58 bits per heavy atom. The average molecular weight is 438 g/mol. The van der Waals surface area contributed by atoms with Crippen LogP contribution in [0.5, 0.6) is 0 Å². The van der Waals surface area contributed by atoms with Crippen LogP contribution in [0.2, 0.25) is 0 Å². The van der Waals surface area contributed by atoms with Gasteiger partial charge in [0.25, 0.3) is 5.91 Å². The fraction of sp³-hybridized carbons (Fsp3) is 0.692. The molecule has 4 fully saturated rings. The van der Waals surface area contributed by atoms with E-state index in [1.165, 1.54) is 74.0 Å². The van der Waals surface area contributed by atoms with Gasteiger partial charge >= 0.3 is 0 Å². The minimum absolute atomic E-state index is 0.00755. The van der Waals surface area contributed by atoms with Crippen LogP contribution in [0.3, 0.4) is 0 Å². The number of aromatic nitrogens is 1. The number of fused-ring (bicyclic) bond motifs is 2. The average Bonchev–Trinajstić information content (AvgIpc) is 3.06. The third-order valence-electron chi connectivity index (χ3n) is 9.32. The highest BCUT2D eigenvalue weighted by atomic mass is 32.1. The van der Waals surface area contributed by atoms with Crippen molar-refractivity contribution in [1.82, 2.24) is 10.3 Å². The van der Waals surface area contributed by atoms with E-state index in [1.54, 1.807) is 0 Å². The van der Waals surface area contributed by atoms with Crippen molar-refractivity contribution in [3.8, 4) is 0 Å². The standard InChI is InChI=1S/C26H35N3OS/c1-3-15-4-5-21-19(9-15)10-20-22(27)23(31-25(20)29-21)24(30)28-14(2)26-11-16-6-17(12-26)8-18(7-16)13-26/h10,14-18H,3-9,11-13,27H2,1-2H3,(H,28,30)/t14-,15+,16?,17?,18?,26?/m0/s1. The van der Waals surface area contributed by atoms with Crippen LogP contribution in [0.25, 0.3) is 10.2 Å². The predicted octanol–water partition coefficient (Wildman–Crippen LogP) is 5.73. The number of thiophene rings is 1. The summed E-state index contributed by atoms with van der Waals surface area (Å²) in [6.45, 7) is 4.52. The molecule has 166 valence electrons. The number of amides is 1. The molecule has 1 amide bonds. The number of nitrogens with zero attached hydrogens (tertiary/aromatic N) is 1. The van der Waals surface area contributed by atoms with Crippen molar-refractivity contribution in [2.45, 2.75) is 84.1 Å². The molecule has 2 aromatic rings. The number of nitrogen functional groups attached to an aromatic ring is 1. The van der Waals surface area contributed by atoms with E-state index in [0.717, 1.165) is 46.7 Å². The van der Waals surface area contributed by atoms with Gasteiger partial charge in [0.15, 0.2) is 0 Å². The van der Waals surface area contributed by atoms with Crippen molar-refractivity contribution in [2.75, 3.05) is 5.73 Å². The zero-order valence-corrected chi connectivity index (χ0v) is 19.7. The lowest BCUT2D eigenvalue weighted by Gasteiger charge is -2.59. The second kappa shape index (κ2) is 7.19. The van der Waals surface area contributed by atoms with Crippen LogP contribution < -0.4 is 11.1 Å². The second-order valence-electron chi connectivity index (χ2n) is 11.3. The summed E-state index contributed by atoms with van der Waals surface area (Å²) in [6.07, 6.45) is 12.8. The lowest BCUT2D eigenvalue weighted by atomic mass is 9.48. The highest BCUT2D eigenvalue weighted by molar-refractivity contribution is 7.21. The topological polar surface area (TPSA) is 68.0 Å². The number of carbonyl (C=O) groups excluding carboxylic acids is 1. The van der Waals surface area contributed by atoms with Gasteiger partial charge < -0.3 is 11.1 Å². The number of nitrogens with two attached hydrogens (primary N) is 1. The molecule has 0 unspecified atom stereocenters. The molecular formula is C26H35N3OS. The molecule has 2 aromatic heterocycles. The number of hydrogen-bond acceptors (Lipinski definition) is 4. The van der Waals surface area contributed by atoms with Crippen molar-refractivity contribution in [2.24, 2.45) is 29.1 Å². The third-order valence-corrected chi connectivity index (χ3v) is 10.4. The fourth-order valence-electron chi connectivity index (χ4n) is 7.91. The van der Waals surface area contributed by atoms with Crippen LogP contribution in [-0.4, -0.2) is 16.9 Å². The van der Waals surface area contributed by atoms with Crippen molar-refractivity contribution in [1.29, 1.82) is 0 Å². The fourth-order valence-corrected chi connectivity index (χ4v) is 8.91. The molecule has 0 spiro atoms. The molecule has 4 saturated carbocycles. The zero-order chi connectivity index (χ0) is 21.3. The Morgan fingerprint density at radius 2 is 1.94 bits per heavy atom. The van der Waals surface area contributed by atoms with Crippen molar-refractivity contribution in [3.05, 3.63) is 22.2 Å². The van der Waals surface area contributed by atoms with E-state index in [2.05, 4.69) is 25.2 Å². The number of nitrogens with one attached hydrogen (secondary N) is 1. The van der Waals surface area contributed by atoms with Gasteiger partial charge in [0, 0.05) is 17.1 Å². The molecule has 4 nitrogen and oxygen atoms in total. The minimum Gasteiger partial charge on any atom is -0.397 e. The van der Waals surface area contributed by atoms with Crippen LogP contribution in [0.4, 0.5) is 5.69 Å². The lowest BCUT2D eigenvalue weighted by molar-refractivity contribution is -0.0687. The molecule has 5 aliphatic rings. The molecule has 5 aliphatic carbocycles. The number of pyridine rings is 1. The summed E-state index contributed by atoms with van der Waals surface area (Å²) in [7, 11) is 0. The smallest absolute Gasteiger partial charge is 0.263 e. The molecule has 2 atom stereocenters. The van der Waals surface area contributed by atoms with Crippen LogP contribution in [0.15, 0.2) is 6.07 Å². The molecule has 0 saturated heterocycles. The molecule has 31 heavy (non-hydrogen) atoms. The maximum Gasteiger partial charge on any atom is 0.263 e. The van der Waals surface area contributed by atoms with E-state index >= 15 is 0 Å². The molecular weight excluding hydrogens is 402 g/mol. The summed E-state index contributed by atoms with van der Waals surface area (Å²) in [6, 6.07) is 2.44. The molecule has 2 heterocycles. The third kappa shape index (κ3) is 3.21. The quantitative estimate of drug-likeness (QED) is 0.642. The van der Waals surface area contributed by atoms with E-state index in [4.69, 9.17) is 10.7 Å². The molecule has 3 N–H and O–H groups in total. The molecule has 0 aliphatic heterocycles. The first-order chi connectivity index (χ1) is 14.9. The van der Waals surface area contributed by atoms with E-state index in [-0.39, 0.29) is 11.9 Å². The van der Waals surface area contributed by atoms with Gasteiger partial charge in [0.1, 0.15) is 9.71 Å². The first-order valence-electron chi connectivity index (χ1n) is 12.5. The largest absolute Gasteiger partial charge is 0.397 e.